The van der Waals surface area contributed by atoms with Gasteiger partial charge in [-0.1, -0.05) is 11.6 Å². The van der Waals surface area contributed by atoms with Gasteiger partial charge in [0.2, 0.25) is 6.08 Å². The molecule has 1 aliphatic heterocycles. The largest absolute Gasteiger partial charge is 0.507 e. The van der Waals surface area contributed by atoms with E-state index in [-0.39, 0.29) is 17.1 Å². The lowest BCUT2D eigenvalue weighted by Gasteiger charge is -2.32. The van der Waals surface area contributed by atoms with E-state index in [0.717, 1.165) is 12.1 Å². The maximum atomic E-state index is 12.9. The van der Waals surface area contributed by atoms with E-state index in [1.54, 1.807) is 0 Å². The topological polar surface area (TPSA) is 47.9 Å². The summed E-state index contributed by atoms with van der Waals surface area (Å²) >= 11 is 5.70. The first-order chi connectivity index (χ1) is 8.77. The molecule has 9 heteroatoms. The molecule has 0 radical (unpaired) electrons. The first-order valence-electron chi connectivity index (χ1n) is 4.76. The Hall–Kier alpha value is -1.79. The SMILES string of the molecule is O=C=NCc1cc2c(cc1Cl)OC(F)(F)C(F)(F)O2. The van der Waals surface area contributed by atoms with Crippen LogP contribution in [-0.4, -0.2) is 18.3 Å². The van der Waals surface area contributed by atoms with E-state index in [1.165, 1.54) is 6.08 Å². The van der Waals surface area contributed by atoms with Crippen LogP contribution in [0.4, 0.5) is 17.6 Å². The first kappa shape index (κ1) is 13.6. The minimum Gasteiger partial charge on any atom is -0.421 e. The van der Waals surface area contributed by atoms with Crippen LogP contribution in [0.5, 0.6) is 11.5 Å². The smallest absolute Gasteiger partial charge is 0.421 e. The zero-order valence-electron chi connectivity index (χ0n) is 8.92. The van der Waals surface area contributed by atoms with Gasteiger partial charge in [-0.05, 0) is 11.6 Å². The highest BCUT2D eigenvalue weighted by Crippen LogP contribution is 2.48. The van der Waals surface area contributed by atoms with Gasteiger partial charge in [-0.3, -0.25) is 0 Å². The minimum absolute atomic E-state index is 0.0811. The minimum atomic E-state index is -4.81. The number of hydrogen-bond acceptors (Lipinski definition) is 4. The molecular weight excluding hydrogens is 294 g/mol. The summed E-state index contributed by atoms with van der Waals surface area (Å²) in [6, 6.07) is 1.83. The highest BCUT2D eigenvalue weighted by atomic mass is 35.5. The second-order valence-electron chi connectivity index (χ2n) is 3.54. The molecule has 0 saturated heterocycles. The van der Waals surface area contributed by atoms with Gasteiger partial charge in [-0.15, -0.1) is 0 Å². The number of nitrogens with zero attached hydrogens (tertiary/aromatic N) is 1. The highest BCUT2D eigenvalue weighted by molar-refractivity contribution is 6.31. The molecule has 0 bridgehead atoms. The highest BCUT2D eigenvalue weighted by Gasteiger charge is 2.66. The van der Waals surface area contributed by atoms with Gasteiger partial charge in [0.05, 0.1) is 6.54 Å². The second kappa shape index (κ2) is 4.40. The summed E-state index contributed by atoms with van der Waals surface area (Å²) < 4.78 is 59.4. The van der Waals surface area contributed by atoms with Gasteiger partial charge >= 0.3 is 12.2 Å². The fourth-order valence-electron chi connectivity index (χ4n) is 1.37. The molecule has 102 valence electrons. The van der Waals surface area contributed by atoms with Gasteiger partial charge < -0.3 is 9.47 Å². The zero-order chi connectivity index (χ0) is 14.3. The van der Waals surface area contributed by atoms with Crippen LogP contribution in [0.1, 0.15) is 5.56 Å². The summed E-state index contributed by atoms with van der Waals surface area (Å²) in [5.41, 5.74) is 0.133. The molecule has 0 aliphatic carbocycles. The molecule has 1 aromatic carbocycles. The van der Waals surface area contributed by atoms with E-state index in [9.17, 15) is 22.4 Å². The normalized spacial score (nSPS) is 18.6. The number of hydrogen-bond donors (Lipinski definition) is 0. The quantitative estimate of drug-likeness (QED) is 0.479. The van der Waals surface area contributed by atoms with Crippen molar-refractivity contribution in [3.63, 3.8) is 0 Å². The fourth-order valence-corrected chi connectivity index (χ4v) is 1.58. The van der Waals surface area contributed by atoms with Crippen molar-refractivity contribution in [3.05, 3.63) is 22.7 Å². The molecule has 0 fully saturated rings. The van der Waals surface area contributed by atoms with Crippen LogP contribution < -0.4 is 9.47 Å². The van der Waals surface area contributed by atoms with Gasteiger partial charge in [0.1, 0.15) is 0 Å². The lowest BCUT2D eigenvalue weighted by atomic mass is 10.2. The van der Waals surface area contributed by atoms with Crippen molar-refractivity contribution >= 4 is 17.7 Å². The van der Waals surface area contributed by atoms with Crippen LogP contribution in [0.3, 0.4) is 0 Å². The maximum absolute atomic E-state index is 12.9. The van der Waals surface area contributed by atoms with E-state index >= 15 is 0 Å². The third-order valence-electron chi connectivity index (χ3n) is 2.24. The molecule has 19 heavy (non-hydrogen) atoms. The van der Waals surface area contributed by atoms with E-state index in [2.05, 4.69) is 14.5 Å². The van der Waals surface area contributed by atoms with Crippen LogP contribution >= 0.6 is 11.6 Å². The predicted molar refractivity (Wildman–Crippen MR) is 54.4 cm³/mol. The maximum Gasteiger partial charge on any atom is 0.507 e. The van der Waals surface area contributed by atoms with Crippen molar-refractivity contribution in [2.45, 2.75) is 18.8 Å². The number of aliphatic imine (C=N–C) groups is 1. The number of fused-ring (bicyclic) bond motifs is 1. The average Bonchev–Trinajstić information content (AvgIpc) is 2.28. The summed E-state index contributed by atoms with van der Waals surface area (Å²) in [7, 11) is 0. The lowest BCUT2D eigenvalue weighted by Crippen LogP contribution is -2.52. The van der Waals surface area contributed by atoms with Crippen molar-refractivity contribution < 1.29 is 31.8 Å². The summed E-state index contributed by atoms with van der Waals surface area (Å²) in [5, 5.41) is -0.0811. The molecule has 1 aliphatic rings. The molecule has 0 amide bonds. The van der Waals surface area contributed by atoms with Gasteiger partial charge in [-0.25, -0.2) is 9.79 Å². The Bertz CT molecular complexity index is 572. The van der Waals surface area contributed by atoms with Crippen molar-refractivity contribution in [3.8, 4) is 11.5 Å². The summed E-state index contributed by atoms with van der Waals surface area (Å²) in [6.07, 6.45) is -8.38. The number of halogens is 5. The molecule has 0 N–H and O–H groups in total. The fraction of sp³-hybridized carbons (Fsp3) is 0.300. The van der Waals surface area contributed by atoms with E-state index in [1.807, 2.05) is 0 Å². The molecule has 0 spiro atoms. The summed E-state index contributed by atoms with van der Waals surface area (Å²) in [5.74, 6) is -1.24. The number of isocyanates is 1. The first-order valence-corrected chi connectivity index (χ1v) is 5.14. The van der Waals surface area contributed by atoms with Crippen molar-refractivity contribution in [1.82, 2.24) is 0 Å². The Balaban J connectivity index is 2.45. The number of benzene rings is 1. The number of alkyl halides is 4. The standard InChI is InChI=1S/C10H4ClF4NO3/c11-6-2-8-7(1-5(6)3-16-4-17)18-9(12,13)10(14,15)19-8/h1-2H,3H2. The van der Waals surface area contributed by atoms with Gasteiger partial charge in [-0.2, -0.15) is 17.6 Å². The summed E-state index contributed by atoms with van der Waals surface area (Å²) in [4.78, 5) is 13.2. The Morgan fingerprint density at radius 3 is 2.21 bits per heavy atom. The summed E-state index contributed by atoms with van der Waals surface area (Å²) in [6.45, 7) is -0.249. The zero-order valence-corrected chi connectivity index (χ0v) is 9.68. The Kier molecular flexibility index (Phi) is 3.15. The van der Waals surface area contributed by atoms with E-state index in [4.69, 9.17) is 11.6 Å². The molecule has 0 atom stereocenters. The van der Waals surface area contributed by atoms with Crippen molar-refractivity contribution in [1.29, 1.82) is 0 Å². The Labute approximate surface area is 108 Å². The molecule has 4 nitrogen and oxygen atoms in total. The van der Waals surface area contributed by atoms with Gasteiger partial charge in [0, 0.05) is 11.1 Å². The van der Waals surface area contributed by atoms with Gasteiger partial charge in [0.15, 0.2) is 11.5 Å². The molecule has 0 unspecified atom stereocenters. The van der Waals surface area contributed by atoms with Crippen molar-refractivity contribution in [2.75, 3.05) is 0 Å². The molecule has 0 saturated carbocycles. The number of rotatable bonds is 2. The van der Waals surface area contributed by atoms with Crippen molar-refractivity contribution in [2.24, 2.45) is 4.99 Å². The Morgan fingerprint density at radius 2 is 1.68 bits per heavy atom. The van der Waals surface area contributed by atoms with Crippen LogP contribution in [-0.2, 0) is 11.3 Å². The number of carbonyl (C=O) groups excluding carboxylic acids is 1. The van der Waals surface area contributed by atoms with Crippen LogP contribution in [0.15, 0.2) is 17.1 Å². The Morgan fingerprint density at radius 1 is 1.16 bits per heavy atom. The van der Waals surface area contributed by atoms with Crippen LogP contribution in [0.2, 0.25) is 5.02 Å². The third kappa shape index (κ3) is 2.36. The monoisotopic (exact) mass is 297 g/mol. The average molecular weight is 298 g/mol. The molecule has 1 heterocycles. The van der Waals surface area contributed by atoms with Gasteiger partial charge in [0.25, 0.3) is 0 Å². The lowest BCUT2D eigenvalue weighted by molar-refractivity contribution is -0.391. The molecule has 1 aromatic rings. The third-order valence-corrected chi connectivity index (χ3v) is 2.59. The predicted octanol–water partition coefficient (Wildman–Crippen LogP) is 3.13. The van der Waals surface area contributed by atoms with Crippen LogP contribution in [0, 0.1) is 0 Å². The van der Waals surface area contributed by atoms with Crippen LogP contribution in [0.25, 0.3) is 0 Å². The molecule has 0 aromatic heterocycles. The molecule has 2 rings (SSSR count). The number of ether oxygens (including phenoxy) is 2. The van der Waals surface area contributed by atoms with E-state index < -0.39 is 23.7 Å². The second-order valence-corrected chi connectivity index (χ2v) is 3.94. The van der Waals surface area contributed by atoms with E-state index in [0.29, 0.717) is 0 Å². The molecular formula is C10H4ClF4NO3.